The van der Waals surface area contributed by atoms with Gasteiger partial charge in [-0.25, -0.2) is 0 Å². The van der Waals surface area contributed by atoms with Gasteiger partial charge in [0.2, 0.25) is 0 Å². The largest absolute Gasteiger partial charge is 0.473 e. The van der Waals surface area contributed by atoms with Crippen LogP contribution in [0, 0.1) is 0 Å². The third-order valence-corrected chi connectivity index (χ3v) is 9.77. The summed E-state index contributed by atoms with van der Waals surface area (Å²) < 4.78 is 10.6. The van der Waals surface area contributed by atoms with Crippen LogP contribution in [-0.2, 0) is 19.1 Å². The second-order valence-corrected chi connectivity index (χ2v) is 10.3. The maximum absolute atomic E-state index is 13.8. The number of carbonyl (C=O) groups excluding carboxylic acids is 2. The first-order valence-corrected chi connectivity index (χ1v) is 11.1. The van der Waals surface area contributed by atoms with E-state index in [4.69, 9.17) is 9.47 Å². The molecule has 0 aromatic heterocycles. The number of amides is 2. The lowest BCUT2D eigenvalue weighted by Crippen LogP contribution is -2.77. The van der Waals surface area contributed by atoms with E-state index in [-0.39, 0.29) is 24.7 Å². The number of carbonyl (C=O) groups is 2. The molecule has 0 aliphatic carbocycles. The molecule has 2 bridgehead atoms. The zero-order chi connectivity index (χ0) is 19.3. The highest BCUT2D eigenvalue weighted by Gasteiger charge is 2.77. The van der Waals surface area contributed by atoms with Gasteiger partial charge in [0.15, 0.2) is 9.74 Å². The Balaban J connectivity index is 1.52. The minimum absolute atomic E-state index is 0.219. The summed E-state index contributed by atoms with van der Waals surface area (Å²) in [7, 11) is 2.74. The van der Waals surface area contributed by atoms with Crippen molar-refractivity contribution in [1.82, 2.24) is 9.80 Å². The van der Waals surface area contributed by atoms with Crippen LogP contribution in [0.5, 0.6) is 0 Å². The maximum atomic E-state index is 13.8. The zero-order valence-corrected chi connectivity index (χ0v) is 16.1. The summed E-state index contributed by atoms with van der Waals surface area (Å²) in [5.41, 5.74) is 1.43. The molecule has 0 saturated carbocycles. The molecule has 146 valence electrons. The number of aliphatic hydroxyl groups is 2. The van der Waals surface area contributed by atoms with E-state index in [0.29, 0.717) is 11.1 Å². The zero-order valence-electron chi connectivity index (χ0n) is 14.4. The SMILES string of the molecule is O=C1N2C3C(=COC=CC3O)CC23SSC12CC1=COC=CC(O)C1N2C3=O. The van der Waals surface area contributed by atoms with Gasteiger partial charge in [-0.05, 0) is 23.3 Å². The molecular formula is C18H16N2O6S2. The lowest BCUT2D eigenvalue weighted by atomic mass is 10.0. The molecule has 6 atom stereocenters. The van der Waals surface area contributed by atoms with Crippen molar-refractivity contribution >= 4 is 33.4 Å². The fourth-order valence-electron chi connectivity index (χ4n) is 5.06. The number of nitrogens with zero attached hydrogens (tertiary/aromatic N) is 2. The Kier molecular flexibility index (Phi) is 3.27. The highest BCUT2D eigenvalue weighted by molar-refractivity contribution is 8.78. The Morgan fingerprint density at radius 3 is 1.71 bits per heavy atom. The van der Waals surface area contributed by atoms with Crippen LogP contribution in [0.2, 0.25) is 0 Å². The molecule has 7 aliphatic rings. The smallest absolute Gasteiger partial charge is 0.262 e. The number of hydrogen-bond acceptors (Lipinski definition) is 8. The summed E-state index contributed by atoms with van der Waals surface area (Å²) in [4.78, 5) is 28.4. The van der Waals surface area contributed by atoms with Crippen molar-refractivity contribution in [1.29, 1.82) is 0 Å². The Labute approximate surface area is 167 Å². The van der Waals surface area contributed by atoms with Crippen LogP contribution in [-0.4, -0.2) is 65.9 Å². The van der Waals surface area contributed by atoms with Crippen molar-refractivity contribution < 1.29 is 29.3 Å². The predicted molar refractivity (Wildman–Crippen MR) is 99.8 cm³/mol. The van der Waals surface area contributed by atoms with Gasteiger partial charge in [-0.15, -0.1) is 0 Å². The quantitative estimate of drug-likeness (QED) is 0.549. The maximum Gasteiger partial charge on any atom is 0.262 e. The van der Waals surface area contributed by atoms with E-state index >= 15 is 0 Å². The summed E-state index contributed by atoms with van der Waals surface area (Å²) in [6, 6.07) is -1.27. The van der Waals surface area contributed by atoms with Gasteiger partial charge < -0.3 is 29.5 Å². The fraction of sp³-hybridized carbons (Fsp3) is 0.444. The van der Waals surface area contributed by atoms with E-state index in [2.05, 4.69) is 0 Å². The van der Waals surface area contributed by atoms with Crippen molar-refractivity contribution in [2.45, 2.75) is 46.9 Å². The van der Waals surface area contributed by atoms with Crippen molar-refractivity contribution in [3.63, 3.8) is 0 Å². The molecule has 7 heterocycles. The number of fused-ring (bicyclic) bond motifs is 3. The van der Waals surface area contributed by atoms with E-state index in [0.717, 1.165) is 0 Å². The molecule has 7 aliphatic heterocycles. The molecule has 28 heavy (non-hydrogen) atoms. The van der Waals surface area contributed by atoms with E-state index in [9.17, 15) is 19.8 Å². The summed E-state index contributed by atoms with van der Waals surface area (Å²) in [6.45, 7) is 0. The van der Waals surface area contributed by atoms with Crippen molar-refractivity contribution in [3.8, 4) is 0 Å². The summed E-state index contributed by atoms with van der Waals surface area (Å²) in [5, 5.41) is 21.3. The Morgan fingerprint density at radius 2 is 1.29 bits per heavy atom. The van der Waals surface area contributed by atoms with E-state index in [1.54, 1.807) is 9.80 Å². The lowest BCUT2D eigenvalue weighted by Gasteiger charge is -2.58. The summed E-state index contributed by atoms with van der Waals surface area (Å²) >= 11 is 0. The van der Waals surface area contributed by atoms with Crippen LogP contribution in [0.4, 0.5) is 0 Å². The van der Waals surface area contributed by atoms with Gasteiger partial charge in [0.1, 0.15) is 0 Å². The Morgan fingerprint density at radius 1 is 0.857 bits per heavy atom. The number of rotatable bonds is 0. The van der Waals surface area contributed by atoms with E-state index < -0.39 is 34.0 Å². The van der Waals surface area contributed by atoms with Gasteiger partial charge in [0.25, 0.3) is 11.8 Å². The first kappa shape index (κ1) is 17.0. The van der Waals surface area contributed by atoms with Crippen LogP contribution in [0.3, 0.4) is 0 Å². The molecule has 7 rings (SSSR count). The standard InChI is InChI=1S/C18H16N2O6S2/c21-11-1-3-25-7-9-5-17-16(24)20-14-10(8-26-4-2-12(14)22)6-18(20,28-27-17)15(23)19(17)13(9)11/h1-4,7-8,11-14,21-22H,5-6H2. The topological polar surface area (TPSA) is 99.5 Å². The Bertz CT molecular complexity index is 857. The molecule has 0 radical (unpaired) electrons. The third-order valence-electron chi connectivity index (χ3n) is 6.20. The Hall–Kier alpha value is -1.88. The van der Waals surface area contributed by atoms with Crippen molar-refractivity contribution in [2.24, 2.45) is 0 Å². The van der Waals surface area contributed by atoms with Gasteiger partial charge >= 0.3 is 0 Å². The molecule has 10 heteroatoms. The second-order valence-electron chi connectivity index (χ2n) is 7.62. The van der Waals surface area contributed by atoms with Crippen molar-refractivity contribution in [3.05, 3.63) is 48.3 Å². The molecule has 2 N–H and O–H groups in total. The second kappa shape index (κ2) is 5.38. The van der Waals surface area contributed by atoms with Crippen LogP contribution < -0.4 is 0 Å². The number of ether oxygens (including phenoxy) is 2. The molecule has 2 amide bonds. The minimum Gasteiger partial charge on any atom is -0.473 e. The molecule has 5 fully saturated rings. The first-order valence-electron chi connectivity index (χ1n) is 8.92. The van der Waals surface area contributed by atoms with Crippen LogP contribution in [0.25, 0.3) is 0 Å². The van der Waals surface area contributed by atoms with Crippen LogP contribution >= 0.6 is 21.6 Å². The predicted octanol–water partition coefficient (Wildman–Crippen LogP) is 0.567. The highest BCUT2D eigenvalue weighted by Crippen LogP contribution is 2.69. The normalized spacial score (nSPS) is 45.2. The third kappa shape index (κ3) is 1.78. The van der Waals surface area contributed by atoms with Gasteiger partial charge in [-0.3, -0.25) is 9.59 Å². The molecule has 6 unspecified atom stereocenters. The lowest BCUT2D eigenvalue weighted by molar-refractivity contribution is -0.168. The minimum atomic E-state index is -1.15. The van der Waals surface area contributed by atoms with Gasteiger partial charge in [-0.2, -0.15) is 0 Å². The van der Waals surface area contributed by atoms with Gasteiger partial charge in [0, 0.05) is 12.8 Å². The van der Waals surface area contributed by atoms with Crippen LogP contribution in [0.15, 0.2) is 48.3 Å². The number of aliphatic hydroxyl groups excluding tert-OH is 2. The van der Waals surface area contributed by atoms with E-state index in [1.165, 1.54) is 58.8 Å². The summed E-state index contributed by atoms with van der Waals surface area (Å²) in [6.07, 6.45) is 7.45. The molecule has 0 aromatic carbocycles. The number of piperazine rings is 1. The molecule has 8 nitrogen and oxygen atoms in total. The average Bonchev–Trinajstić information content (AvgIpc) is 3.07. The molecule has 0 aromatic rings. The van der Waals surface area contributed by atoms with Gasteiger partial charge in [-0.1, -0.05) is 21.6 Å². The molecule has 5 saturated heterocycles. The van der Waals surface area contributed by atoms with Gasteiger partial charge in [0.05, 0.1) is 49.3 Å². The van der Waals surface area contributed by atoms with Crippen LogP contribution in [0.1, 0.15) is 12.8 Å². The monoisotopic (exact) mass is 420 g/mol. The first-order chi connectivity index (χ1) is 13.5. The van der Waals surface area contributed by atoms with E-state index in [1.807, 2.05) is 0 Å². The summed E-state index contributed by atoms with van der Waals surface area (Å²) in [5.74, 6) is -0.437. The highest BCUT2D eigenvalue weighted by atomic mass is 33.1. The number of hydrogen-bond donors (Lipinski definition) is 2. The molecular weight excluding hydrogens is 404 g/mol. The fourth-order valence-corrected chi connectivity index (χ4v) is 8.77. The molecule has 2 spiro atoms. The average molecular weight is 420 g/mol. The van der Waals surface area contributed by atoms with Crippen molar-refractivity contribution in [2.75, 3.05) is 0 Å².